The summed E-state index contributed by atoms with van der Waals surface area (Å²) in [6.45, 7) is 8.27. The first-order valence-electron chi connectivity index (χ1n) is 10.9. The van der Waals surface area contributed by atoms with Gasteiger partial charge in [0.25, 0.3) is 0 Å². The Hall–Kier alpha value is -3.16. The molecule has 1 fully saturated rings. The molecule has 0 bridgehead atoms. The van der Waals surface area contributed by atoms with E-state index in [4.69, 9.17) is 9.84 Å². The van der Waals surface area contributed by atoms with Gasteiger partial charge in [0.1, 0.15) is 11.3 Å². The minimum absolute atomic E-state index is 0.0387. The zero-order valence-corrected chi connectivity index (χ0v) is 18.7. The van der Waals surface area contributed by atoms with Crippen molar-refractivity contribution in [1.29, 1.82) is 0 Å². The van der Waals surface area contributed by atoms with Crippen LogP contribution in [0.15, 0.2) is 24.3 Å². The maximum absolute atomic E-state index is 12.5. The largest absolute Gasteiger partial charge is 0.497 e. The number of fused-ring (bicyclic) bond motifs is 1. The molecule has 1 aliphatic rings. The molecule has 1 atom stereocenters. The molecule has 8 heteroatoms. The molecule has 1 N–H and O–H groups in total. The van der Waals surface area contributed by atoms with Gasteiger partial charge in [0.15, 0.2) is 5.82 Å². The average molecular weight is 423 g/mol. The molecule has 4 rings (SSSR count). The molecule has 3 aromatic rings. The Labute approximate surface area is 182 Å². The summed E-state index contributed by atoms with van der Waals surface area (Å²) in [6, 6.07) is 7.83. The number of benzene rings is 1. The van der Waals surface area contributed by atoms with Crippen molar-refractivity contribution < 1.29 is 9.53 Å². The second kappa shape index (κ2) is 8.91. The van der Waals surface area contributed by atoms with Crippen LogP contribution in [0.25, 0.3) is 16.6 Å². The molecule has 0 spiro atoms. The van der Waals surface area contributed by atoms with Crippen LogP contribution in [-0.4, -0.2) is 52.6 Å². The SMILES string of the molecule is CCCNC(=O)C1CCCN(c2nnc(C)c3c(C)n(-c4ccc(OC)cc4)nc23)C1. The number of aryl methyl sites for hydroxylation is 2. The monoisotopic (exact) mass is 422 g/mol. The Morgan fingerprint density at radius 2 is 2.00 bits per heavy atom. The molecular formula is C23H30N6O2. The summed E-state index contributed by atoms with van der Waals surface area (Å²) in [5, 5.41) is 17.9. The van der Waals surface area contributed by atoms with Crippen molar-refractivity contribution in [3.05, 3.63) is 35.7 Å². The zero-order valence-electron chi connectivity index (χ0n) is 18.7. The lowest BCUT2D eigenvalue weighted by molar-refractivity contribution is -0.125. The Morgan fingerprint density at radius 1 is 1.23 bits per heavy atom. The Balaban J connectivity index is 1.70. The van der Waals surface area contributed by atoms with Crippen molar-refractivity contribution in [2.24, 2.45) is 5.92 Å². The maximum Gasteiger partial charge on any atom is 0.224 e. The molecule has 164 valence electrons. The van der Waals surface area contributed by atoms with Crippen LogP contribution in [0.4, 0.5) is 5.82 Å². The third kappa shape index (κ3) is 4.06. The number of carbonyl (C=O) groups is 1. The number of amides is 1. The second-order valence-electron chi connectivity index (χ2n) is 8.10. The summed E-state index contributed by atoms with van der Waals surface area (Å²) in [6.07, 6.45) is 2.78. The minimum Gasteiger partial charge on any atom is -0.497 e. The summed E-state index contributed by atoms with van der Waals surface area (Å²) in [7, 11) is 1.66. The summed E-state index contributed by atoms with van der Waals surface area (Å²) in [5.41, 5.74) is 3.65. The predicted molar refractivity (Wildman–Crippen MR) is 121 cm³/mol. The minimum atomic E-state index is -0.0387. The second-order valence-corrected chi connectivity index (χ2v) is 8.10. The fourth-order valence-electron chi connectivity index (χ4n) is 4.28. The fourth-order valence-corrected chi connectivity index (χ4v) is 4.28. The smallest absolute Gasteiger partial charge is 0.224 e. The Morgan fingerprint density at radius 3 is 2.71 bits per heavy atom. The van der Waals surface area contributed by atoms with Crippen LogP contribution in [0.3, 0.4) is 0 Å². The van der Waals surface area contributed by atoms with Gasteiger partial charge in [-0.3, -0.25) is 4.79 Å². The van der Waals surface area contributed by atoms with Gasteiger partial charge in [0.05, 0.1) is 35.5 Å². The van der Waals surface area contributed by atoms with Crippen LogP contribution in [-0.2, 0) is 4.79 Å². The lowest BCUT2D eigenvalue weighted by Crippen LogP contribution is -2.43. The number of piperidine rings is 1. The summed E-state index contributed by atoms with van der Waals surface area (Å²) in [4.78, 5) is 14.7. The first kappa shape index (κ1) is 21.1. The number of nitrogens with one attached hydrogen (secondary N) is 1. The van der Waals surface area contributed by atoms with E-state index in [1.165, 1.54) is 0 Å². The number of aromatic nitrogens is 4. The third-order valence-electron chi connectivity index (χ3n) is 5.94. The van der Waals surface area contributed by atoms with Crippen LogP contribution in [0.2, 0.25) is 0 Å². The fraction of sp³-hybridized carbons (Fsp3) is 0.478. The number of methoxy groups -OCH3 is 1. The number of carbonyl (C=O) groups excluding carboxylic acids is 1. The average Bonchev–Trinajstić information content (AvgIpc) is 3.15. The first-order valence-corrected chi connectivity index (χ1v) is 10.9. The molecule has 1 unspecified atom stereocenters. The van der Waals surface area contributed by atoms with Gasteiger partial charge in [-0.05, 0) is 57.4 Å². The van der Waals surface area contributed by atoms with E-state index in [0.29, 0.717) is 6.54 Å². The van der Waals surface area contributed by atoms with Gasteiger partial charge in [-0.15, -0.1) is 5.10 Å². The van der Waals surface area contributed by atoms with E-state index >= 15 is 0 Å². The van der Waals surface area contributed by atoms with Crippen molar-refractivity contribution in [2.45, 2.75) is 40.0 Å². The van der Waals surface area contributed by atoms with E-state index in [1.54, 1.807) is 7.11 Å². The van der Waals surface area contributed by atoms with Crippen molar-refractivity contribution in [3.63, 3.8) is 0 Å². The van der Waals surface area contributed by atoms with Gasteiger partial charge in [0, 0.05) is 19.6 Å². The van der Waals surface area contributed by atoms with Crippen molar-refractivity contribution in [3.8, 4) is 11.4 Å². The van der Waals surface area contributed by atoms with E-state index in [-0.39, 0.29) is 11.8 Å². The highest BCUT2D eigenvalue weighted by molar-refractivity contribution is 5.92. The molecule has 1 aliphatic heterocycles. The summed E-state index contributed by atoms with van der Waals surface area (Å²) in [5.74, 6) is 1.65. The molecule has 0 saturated carbocycles. The molecule has 1 saturated heterocycles. The zero-order chi connectivity index (χ0) is 22.0. The number of anilines is 1. The molecule has 3 heterocycles. The molecule has 31 heavy (non-hydrogen) atoms. The van der Waals surface area contributed by atoms with Crippen molar-refractivity contribution in [1.82, 2.24) is 25.3 Å². The Bertz CT molecular complexity index is 1080. The molecule has 8 nitrogen and oxygen atoms in total. The highest BCUT2D eigenvalue weighted by Crippen LogP contribution is 2.31. The highest BCUT2D eigenvalue weighted by Gasteiger charge is 2.29. The van der Waals surface area contributed by atoms with Gasteiger partial charge in [-0.2, -0.15) is 10.2 Å². The van der Waals surface area contributed by atoms with Crippen LogP contribution in [0.1, 0.15) is 37.6 Å². The summed E-state index contributed by atoms with van der Waals surface area (Å²) < 4.78 is 7.21. The van der Waals surface area contributed by atoms with E-state index in [9.17, 15) is 4.79 Å². The molecule has 1 amide bonds. The van der Waals surface area contributed by atoms with Gasteiger partial charge >= 0.3 is 0 Å². The molecule has 0 radical (unpaired) electrons. The van der Waals surface area contributed by atoms with Crippen LogP contribution in [0.5, 0.6) is 5.75 Å². The predicted octanol–water partition coefficient (Wildman–Crippen LogP) is 3.18. The van der Waals surface area contributed by atoms with E-state index in [1.807, 2.05) is 35.9 Å². The van der Waals surface area contributed by atoms with Gasteiger partial charge in [-0.25, -0.2) is 4.68 Å². The normalized spacial score (nSPS) is 16.5. The maximum atomic E-state index is 12.5. The van der Waals surface area contributed by atoms with E-state index in [0.717, 1.165) is 71.9 Å². The van der Waals surface area contributed by atoms with Gasteiger partial charge < -0.3 is 15.0 Å². The molecular weight excluding hydrogens is 392 g/mol. The molecule has 2 aromatic heterocycles. The lowest BCUT2D eigenvalue weighted by atomic mass is 9.97. The number of ether oxygens (including phenoxy) is 1. The van der Waals surface area contributed by atoms with Gasteiger partial charge in [0.2, 0.25) is 5.91 Å². The lowest BCUT2D eigenvalue weighted by Gasteiger charge is -2.32. The topological polar surface area (TPSA) is 85.2 Å². The van der Waals surface area contributed by atoms with Gasteiger partial charge in [-0.1, -0.05) is 6.92 Å². The van der Waals surface area contributed by atoms with E-state index < -0.39 is 0 Å². The quantitative estimate of drug-likeness (QED) is 0.657. The Kier molecular flexibility index (Phi) is 6.06. The van der Waals surface area contributed by atoms with Crippen molar-refractivity contribution >= 4 is 22.6 Å². The standard InChI is InChI=1S/C23H30N6O2/c1-5-12-24-23(30)17-7-6-13-28(14-17)22-21-20(15(2)25-26-22)16(3)29(27-21)18-8-10-19(31-4)11-9-18/h8-11,17H,5-7,12-14H2,1-4H3,(H,24,30). The van der Waals surface area contributed by atoms with Crippen LogP contribution in [0, 0.1) is 19.8 Å². The van der Waals surface area contributed by atoms with E-state index in [2.05, 4.69) is 34.3 Å². The van der Waals surface area contributed by atoms with Crippen molar-refractivity contribution in [2.75, 3.05) is 31.6 Å². The van der Waals surface area contributed by atoms with Crippen LogP contribution >= 0.6 is 0 Å². The summed E-state index contributed by atoms with van der Waals surface area (Å²) >= 11 is 0. The number of hydrogen-bond acceptors (Lipinski definition) is 6. The number of nitrogens with zero attached hydrogens (tertiary/aromatic N) is 5. The first-order chi connectivity index (χ1) is 15.0. The molecule has 1 aromatic carbocycles. The molecule has 0 aliphatic carbocycles. The van der Waals surface area contributed by atoms with Crippen LogP contribution < -0.4 is 15.0 Å². The highest BCUT2D eigenvalue weighted by atomic mass is 16.5. The third-order valence-corrected chi connectivity index (χ3v) is 5.94. The number of hydrogen-bond donors (Lipinski definition) is 1. The number of rotatable bonds is 6.